The van der Waals surface area contributed by atoms with Gasteiger partial charge in [0.05, 0.1) is 17.1 Å². The van der Waals surface area contributed by atoms with Crippen molar-refractivity contribution < 1.29 is 5.11 Å². The Hall–Kier alpha value is -1.57. The second-order valence-corrected chi connectivity index (χ2v) is 6.50. The molecule has 0 fully saturated rings. The summed E-state index contributed by atoms with van der Waals surface area (Å²) in [6.07, 6.45) is 3.10. The SMILES string of the molecule is CCNC(=NCc1cnn(C)c1)NCC(O)c1ccc(Cl)s1. The molecular weight excluding hydrogens is 322 g/mol. The van der Waals surface area contributed by atoms with E-state index >= 15 is 0 Å². The Morgan fingerprint density at radius 1 is 1.50 bits per heavy atom. The van der Waals surface area contributed by atoms with Crippen molar-refractivity contribution in [1.82, 2.24) is 20.4 Å². The molecule has 2 aromatic heterocycles. The zero-order chi connectivity index (χ0) is 15.9. The Labute approximate surface area is 138 Å². The molecule has 0 radical (unpaired) electrons. The molecule has 0 bridgehead atoms. The van der Waals surface area contributed by atoms with Crippen molar-refractivity contribution in [2.75, 3.05) is 13.1 Å². The first kappa shape index (κ1) is 16.8. The van der Waals surface area contributed by atoms with Crippen LogP contribution in [0.25, 0.3) is 0 Å². The lowest BCUT2D eigenvalue weighted by atomic mass is 10.3. The number of hydrogen-bond donors (Lipinski definition) is 3. The summed E-state index contributed by atoms with van der Waals surface area (Å²) in [5.74, 6) is 0.660. The fraction of sp³-hybridized carbons (Fsp3) is 0.429. The quantitative estimate of drug-likeness (QED) is 0.554. The van der Waals surface area contributed by atoms with Gasteiger partial charge in [0.1, 0.15) is 6.10 Å². The smallest absolute Gasteiger partial charge is 0.191 e. The lowest BCUT2D eigenvalue weighted by Crippen LogP contribution is -2.39. The summed E-state index contributed by atoms with van der Waals surface area (Å²) >= 11 is 7.26. The molecule has 2 aromatic rings. The van der Waals surface area contributed by atoms with E-state index < -0.39 is 6.10 Å². The second-order valence-electron chi connectivity index (χ2n) is 4.76. The predicted octanol–water partition coefficient (Wildman–Crippen LogP) is 1.92. The third-order valence-electron chi connectivity index (χ3n) is 2.91. The maximum Gasteiger partial charge on any atom is 0.191 e. The summed E-state index contributed by atoms with van der Waals surface area (Å²) in [6, 6.07) is 3.62. The van der Waals surface area contributed by atoms with Crippen LogP contribution < -0.4 is 10.6 Å². The number of thiophene rings is 1. The summed E-state index contributed by atoms with van der Waals surface area (Å²) in [7, 11) is 1.87. The fourth-order valence-corrected chi connectivity index (χ4v) is 2.91. The van der Waals surface area contributed by atoms with Crippen molar-refractivity contribution in [3.63, 3.8) is 0 Å². The number of hydrogen-bond acceptors (Lipinski definition) is 4. The van der Waals surface area contributed by atoms with Gasteiger partial charge in [0.25, 0.3) is 0 Å². The predicted molar refractivity (Wildman–Crippen MR) is 90.3 cm³/mol. The topological polar surface area (TPSA) is 74.5 Å². The van der Waals surface area contributed by atoms with E-state index in [1.165, 1.54) is 11.3 Å². The number of halogens is 1. The molecular formula is C14H20ClN5OS. The Morgan fingerprint density at radius 2 is 2.32 bits per heavy atom. The molecule has 22 heavy (non-hydrogen) atoms. The fourth-order valence-electron chi connectivity index (χ4n) is 1.87. The molecule has 2 rings (SSSR count). The highest BCUT2D eigenvalue weighted by Gasteiger charge is 2.11. The third kappa shape index (κ3) is 5.01. The molecule has 0 saturated heterocycles. The molecule has 1 atom stereocenters. The molecule has 6 nitrogen and oxygen atoms in total. The normalized spacial score (nSPS) is 13.2. The summed E-state index contributed by atoms with van der Waals surface area (Å²) < 4.78 is 2.42. The summed E-state index contributed by atoms with van der Waals surface area (Å²) in [5.41, 5.74) is 1.03. The maximum absolute atomic E-state index is 10.1. The van der Waals surface area contributed by atoms with Gasteiger partial charge in [0, 0.05) is 36.8 Å². The molecule has 0 aliphatic carbocycles. The maximum atomic E-state index is 10.1. The van der Waals surface area contributed by atoms with E-state index in [1.807, 2.05) is 26.2 Å². The highest BCUT2D eigenvalue weighted by Crippen LogP contribution is 2.26. The molecule has 0 amide bonds. The van der Waals surface area contributed by atoms with Gasteiger partial charge in [-0.25, -0.2) is 4.99 Å². The molecule has 8 heteroatoms. The van der Waals surface area contributed by atoms with Crippen LogP contribution in [0.15, 0.2) is 29.5 Å². The van der Waals surface area contributed by atoms with Crippen LogP contribution in [0.2, 0.25) is 4.34 Å². The lowest BCUT2D eigenvalue weighted by molar-refractivity contribution is 0.184. The van der Waals surface area contributed by atoms with Gasteiger partial charge in [-0.1, -0.05) is 11.6 Å². The van der Waals surface area contributed by atoms with E-state index in [2.05, 4.69) is 20.7 Å². The average molecular weight is 342 g/mol. The number of guanidine groups is 1. The third-order valence-corrected chi connectivity index (χ3v) is 4.24. The standard InChI is InChI=1S/C14H20ClN5OS/c1-3-16-14(17-6-10-7-19-20(2)9-10)18-8-11(21)12-4-5-13(15)22-12/h4-5,7,9,11,21H,3,6,8H2,1-2H3,(H2,16,17,18). The minimum absolute atomic E-state index is 0.371. The van der Waals surface area contributed by atoms with E-state index in [4.69, 9.17) is 11.6 Å². The van der Waals surface area contributed by atoms with Gasteiger partial charge in [-0.15, -0.1) is 11.3 Å². The molecule has 2 heterocycles. The average Bonchev–Trinajstić information content (AvgIpc) is 3.10. The van der Waals surface area contributed by atoms with Crippen molar-refractivity contribution in [2.45, 2.75) is 19.6 Å². The van der Waals surface area contributed by atoms with Crippen molar-refractivity contribution in [1.29, 1.82) is 0 Å². The van der Waals surface area contributed by atoms with Crippen LogP contribution in [-0.4, -0.2) is 33.9 Å². The minimum atomic E-state index is -0.611. The molecule has 0 aromatic carbocycles. The van der Waals surface area contributed by atoms with Gasteiger partial charge in [0.15, 0.2) is 5.96 Å². The number of aliphatic hydroxyl groups is 1. The first-order chi connectivity index (χ1) is 10.6. The van der Waals surface area contributed by atoms with Crippen LogP contribution in [0.1, 0.15) is 23.5 Å². The first-order valence-electron chi connectivity index (χ1n) is 7.01. The molecule has 0 aliphatic heterocycles. The molecule has 0 saturated carbocycles. The van der Waals surface area contributed by atoms with Crippen LogP contribution in [0.5, 0.6) is 0 Å². The number of aryl methyl sites for hydroxylation is 1. The van der Waals surface area contributed by atoms with Gasteiger partial charge < -0.3 is 15.7 Å². The van der Waals surface area contributed by atoms with Crippen molar-refractivity contribution in [3.8, 4) is 0 Å². The van der Waals surface area contributed by atoms with Gasteiger partial charge in [-0.2, -0.15) is 5.10 Å². The van der Waals surface area contributed by atoms with Crippen LogP contribution in [0.3, 0.4) is 0 Å². The molecule has 0 aliphatic rings. The number of aliphatic hydroxyl groups excluding tert-OH is 1. The Morgan fingerprint density at radius 3 is 2.91 bits per heavy atom. The van der Waals surface area contributed by atoms with Crippen LogP contribution >= 0.6 is 22.9 Å². The monoisotopic (exact) mass is 341 g/mol. The molecule has 1 unspecified atom stereocenters. The number of nitrogens with zero attached hydrogens (tertiary/aromatic N) is 3. The van der Waals surface area contributed by atoms with Gasteiger partial charge in [-0.3, -0.25) is 4.68 Å². The van der Waals surface area contributed by atoms with Crippen molar-refractivity contribution in [2.24, 2.45) is 12.0 Å². The Balaban J connectivity index is 1.90. The molecule has 0 spiro atoms. The summed E-state index contributed by atoms with van der Waals surface area (Å²) in [5, 5.41) is 20.5. The van der Waals surface area contributed by atoms with Gasteiger partial charge >= 0.3 is 0 Å². The number of aromatic nitrogens is 2. The van der Waals surface area contributed by atoms with Gasteiger partial charge in [-0.05, 0) is 19.1 Å². The first-order valence-corrected chi connectivity index (χ1v) is 8.21. The van der Waals surface area contributed by atoms with Crippen molar-refractivity contribution in [3.05, 3.63) is 39.3 Å². The van der Waals surface area contributed by atoms with E-state index in [1.54, 1.807) is 16.9 Å². The number of aliphatic imine (C=N–C) groups is 1. The van der Waals surface area contributed by atoms with Crippen LogP contribution in [0.4, 0.5) is 0 Å². The van der Waals surface area contributed by atoms with E-state index in [0.29, 0.717) is 23.4 Å². The lowest BCUT2D eigenvalue weighted by Gasteiger charge is -2.14. The Bertz CT molecular complexity index is 624. The summed E-state index contributed by atoms with van der Waals surface area (Å²) in [4.78, 5) is 5.31. The van der Waals surface area contributed by atoms with Crippen LogP contribution in [-0.2, 0) is 13.6 Å². The van der Waals surface area contributed by atoms with E-state index in [9.17, 15) is 5.11 Å². The van der Waals surface area contributed by atoms with Crippen molar-refractivity contribution >= 4 is 28.9 Å². The number of rotatable bonds is 6. The highest BCUT2D eigenvalue weighted by molar-refractivity contribution is 7.16. The Kier molecular flexibility index (Phi) is 6.23. The summed E-state index contributed by atoms with van der Waals surface area (Å²) in [6.45, 7) is 3.65. The van der Waals surface area contributed by atoms with Gasteiger partial charge in [0.2, 0.25) is 0 Å². The molecule has 3 N–H and O–H groups in total. The second kappa shape index (κ2) is 8.17. The van der Waals surface area contributed by atoms with E-state index in [0.717, 1.165) is 17.0 Å². The zero-order valence-corrected chi connectivity index (χ0v) is 14.2. The van der Waals surface area contributed by atoms with E-state index in [-0.39, 0.29) is 0 Å². The van der Waals surface area contributed by atoms with Crippen LogP contribution in [0, 0.1) is 0 Å². The number of nitrogens with one attached hydrogen (secondary N) is 2. The largest absolute Gasteiger partial charge is 0.386 e. The minimum Gasteiger partial charge on any atom is -0.386 e. The zero-order valence-electron chi connectivity index (χ0n) is 12.6. The highest BCUT2D eigenvalue weighted by atomic mass is 35.5. The molecule has 120 valence electrons.